The van der Waals surface area contributed by atoms with Crippen molar-refractivity contribution in [3.8, 4) is 6.07 Å². The zero-order chi connectivity index (χ0) is 9.14. The zero-order valence-electron chi connectivity index (χ0n) is 7.00. The van der Waals surface area contributed by atoms with Gasteiger partial charge in [-0.15, -0.1) is 0 Å². The molecule has 1 fully saturated rings. The SMILES string of the molecule is CN1CCC/C1=C(\C#N)C(N)=O. The van der Waals surface area contributed by atoms with E-state index in [2.05, 4.69) is 0 Å². The van der Waals surface area contributed by atoms with Gasteiger partial charge in [0.05, 0.1) is 0 Å². The highest BCUT2D eigenvalue weighted by Crippen LogP contribution is 2.21. The number of hydrogen-bond acceptors (Lipinski definition) is 3. The van der Waals surface area contributed by atoms with Crippen LogP contribution in [0.2, 0.25) is 0 Å². The van der Waals surface area contributed by atoms with Crippen LogP contribution in [0.3, 0.4) is 0 Å². The Balaban J connectivity index is 3.01. The molecule has 1 aliphatic heterocycles. The van der Waals surface area contributed by atoms with Gasteiger partial charge in [0.2, 0.25) is 0 Å². The summed E-state index contributed by atoms with van der Waals surface area (Å²) in [5.41, 5.74) is 5.93. The number of carbonyl (C=O) groups is 1. The summed E-state index contributed by atoms with van der Waals surface area (Å²) in [5.74, 6) is -0.624. The molecule has 0 aromatic heterocycles. The maximum Gasteiger partial charge on any atom is 0.261 e. The smallest absolute Gasteiger partial charge is 0.261 e. The summed E-state index contributed by atoms with van der Waals surface area (Å²) in [6.45, 7) is 0.897. The van der Waals surface area contributed by atoms with Crippen LogP contribution in [0.1, 0.15) is 12.8 Å². The summed E-state index contributed by atoms with van der Waals surface area (Å²) in [7, 11) is 1.86. The summed E-state index contributed by atoms with van der Waals surface area (Å²) in [4.78, 5) is 12.7. The molecule has 0 atom stereocenters. The number of primary amides is 1. The fraction of sp³-hybridized carbons (Fsp3) is 0.500. The van der Waals surface area contributed by atoms with E-state index in [9.17, 15) is 4.79 Å². The maximum absolute atomic E-state index is 10.8. The highest BCUT2D eigenvalue weighted by Gasteiger charge is 2.20. The Kier molecular flexibility index (Phi) is 2.34. The van der Waals surface area contributed by atoms with Gasteiger partial charge in [0, 0.05) is 19.3 Å². The minimum absolute atomic E-state index is 0.106. The van der Waals surface area contributed by atoms with Gasteiger partial charge in [0.25, 0.3) is 5.91 Å². The molecule has 1 rings (SSSR count). The van der Waals surface area contributed by atoms with Gasteiger partial charge in [-0.2, -0.15) is 5.26 Å². The quantitative estimate of drug-likeness (QED) is 0.438. The maximum atomic E-state index is 10.8. The number of nitriles is 1. The van der Waals surface area contributed by atoms with E-state index in [1.807, 2.05) is 18.0 Å². The second-order valence-electron chi connectivity index (χ2n) is 2.82. The minimum atomic E-state index is -0.624. The normalized spacial score (nSPS) is 20.5. The Morgan fingerprint density at radius 3 is 2.75 bits per heavy atom. The third-order valence-corrected chi connectivity index (χ3v) is 2.01. The van der Waals surface area contributed by atoms with Crippen molar-refractivity contribution < 1.29 is 4.79 Å². The third kappa shape index (κ3) is 1.40. The fourth-order valence-electron chi connectivity index (χ4n) is 1.39. The number of allylic oxidation sites excluding steroid dienone is 1. The van der Waals surface area contributed by atoms with Crippen molar-refractivity contribution in [2.45, 2.75) is 12.8 Å². The predicted molar refractivity (Wildman–Crippen MR) is 43.7 cm³/mol. The highest BCUT2D eigenvalue weighted by atomic mass is 16.1. The third-order valence-electron chi connectivity index (χ3n) is 2.01. The lowest BCUT2D eigenvalue weighted by molar-refractivity contribution is -0.114. The highest BCUT2D eigenvalue weighted by molar-refractivity contribution is 5.96. The van der Waals surface area contributed by atoms with Gasteiger partial charge in [0.1, 0.15) is 11.6 Å². The Bertz CT molecular complexity index is 275. The van der Waals surface area contributed by atoms with Crippen LogP contribution in [-0.4, -0.2) is 24.4 Å². The molecule has 0 radical (unpaired) electrons. The van der Waals surface area contributed by atoms with E-state index in [1.165, 1.54) is 0 Å². The summed E-state index contributed by atoms with van der Waals surface area (Å²) < 4.78 is 0. The molecule has 0 aromatic carbocycles. The average molecular weight is 165 g/mol. The number of amides is 1. The minimum Gasteiger partial charge on any atom is -0.377 e. The molecular weight excluding hydrogens is 154 g/mol. The summed E-state index contributed by atoms with van der Waals surface area (Å²) in [6, 6.07) is 1.84. The molecule has 1 aliphatic rings. The number of carbonyl (C=O) groups excluding carboxylic acids is 1. The topological polar surface area (TPSA) is 70.1 Å². The molecule has 4 nitrogen and oxygen atoms in total. The van der Waals surface area contributed by atoms with Gasteiger partial charge in [-0.1, -0.05) is 0 Å². The standard InChI is InChI=1S/C8H11N3O/c1-11-4-2-3-7(11)6(5-9)8(10)12/h2-4H2,1H3,(H2,10,12)/b7-6-. The van der Waals surface area contributed by atoms with Crippen LogP contribution in [0.4, 0.5) is 0 Å². The van der Waals surface area contributed by atoms with Crippen molar-refractivity contribution in [3.05, 3.63) is 11.3 Å². The van der Waals surface area contributed by atoms with Crippen molar-refractivity contribution >= 4 is 5.91 Å². The van der Waals surface area contributed by atoms with Crippen molar-refractivity contribution in [2.75, 3.05) is 13.6 Å². The Morgan fingerprint density at radius 1 is 1.75 bits per heavy atom. The molecule has 2 N–H and O–H groups in total. The first-order valence-electron chi connectivity index (χ1n) is 3.81. The van der Waals surface area contributed by atoms with Crippen LogP contribution in [0, 0.1) is 11.3 Å². The lowest BCUT2D eigenvalue weighted by Gasteiger charge is -2.12. The van der Waals surface area contributed by atoms with Crippen LogP contribution >= 0.6 is 0 Å². The summed E-state index contributed by atoms with van der Waals surface area (Å²) >= 11 is 0. The molecule has 1 saturated heterocycles. The number of rotatable bonds is 1. The molecule has 0 saturated carbocycles. The van der Waals surface area contributed by atoms with E-state index in [4.69, 9.17) is 11.0 Å². The average Bonchev–Trinajstić information content (AvgIpc) is 2.38. The Morgan fingerprint density at radius 2 is 2.42 bits per heavy atom. The molecule has 4 heteroatoms. The first-order chi connectivity index (χ1) is 5.66. The molecule has 0 aliphatic carbocycles. The van der Waals surface area contributed by atoms with Gasteiger partial charge >= 0.3 is 0 Å². The first-order valence-corrected chi connectivity index (χ1v) is 3.81. The lowest BCUT2D eigenvalue weighted by Crippen LogP contribution is -2.20. The lowest BCUT2D eigenvalue weighted by atomic mass is 10.2. The molecule has 0 bridgehead atoms. The van der Waals surface area contributed by atoms with Gasteiger partial charge in [-0.3, -0.25) is 4.79 Å². The molecule has 64 valence electrons. The van der Waals surface area contributed by atoms with Gasteiger partial charge < -0.3 is 10.6 Å². The molecule has 1 amide bonds. The molecule has 12 heavy (non-hydrogen) atoms. The second-order valence-corrected chi connectivity index (χ2v) is 2.82. The largest absolute Gasteiger partial charge is 0.377 e. The number of nitrogens with two attached hydrogens (primary N) is 1. The van der Waals surface area contributed by atoms with E-state index in [0.717, 1.165) is 25.1 Å². The summed E-state index contributed by atoms with van der Waals surface area (Å²) in [5, 5.41) is 8.64. The predicted octanol–water partition coefficient (Wildman–Crippen LogP) is -0.0250. The van der Waals surface area contributed by atoms with E-state index >= 15 is 0 Å². The van der Waals surface area contributed by atoms with Crippen LogP contribution in [0.25, 0.3) is 0 Å². The van der Waals surface area contributed by atoms with Crippen LogP contribution in [-0.2, 0) is 4.79 Å². The molecule has 0 aromatic rings. The van der Waals surface area contributed by atoms with Gasteiger partial charge in [0.15, 0.2) is 0 Å². The van der Waals surface area contributed by atoms with Crippen LogP contribution < -0.4 is 5.73 Å². The summed E-state index contributed by atoms with van der Waals surface area (Å²) in [6.07, 6.45) is 1.77. The Hall–Kier alpha value is -1.50. The van der Waals surface area contributed by atoms with E-state index in [1.54, 1.807) is 0 Å². The first kappa shape index (κ1) is 8.60. The number of hydrogen-bond donors (Lipinski definition) is 1. The van der Waals surface area contributed by atoms with Crippen LogP contribution in [0.5, 0.6) is 0 Å². The molecule has 1 heterocycles. The van der Waals surface area contributed by atoms with Crippen LogP contribution in [0.15, 0.2) is 11.3 Å². The molecule has 0 spiro atoms. The number of nitrogens with zero attached hydrogens (tertiary/aromatic N) is 2. The van der Waals surface area contributed by atoms with E-state index < -0.39 is 5.91 Å². The molecular formula is C8H11N3O. The van der Waals surface area contributed by atoms with Crippen molar-refractivity contribution in [1.29, 1.82) is 5.26 Å². The Labute approximate surface area is 71.3 Å². The van der Waals surface area contributed by atoms with E-state index in [-0.39, 0.29) is 5.57 Å². The van der Waals surface area contributed by atoms with E-state index in [0.29, 0.717) is 0 Å². The second kappa shape index (κ2) is 3.26. The van der Waals surface area contributed by atoms with Crippen molar-refractivity contribution in [3.63, 3.8) is 0 Å². The monoisotopic (exact) mass is 165 g/mol. The zero-order valence-corrected chi connectivity index (χ0v) is 7.00. The van der Waals surface area contributed by atoms with Gasteiger partial charge in [-0.05, 0) is 12.8 Å². The molecule has 0 unspecified atom stereocenters. The van der Waals surface area contributed by atoms with Gasteiger partial charge in [-0.25, -0.2) is 0 Å². The van der Waals surface area contributed by atoms with Crippen molar-refractivity contribution in [2.24, 2.45) is 5.73 Å². The fourth-order valence-corrected chi connectivity index (χ4v) is 1.39. The van der Waals surface area contributed by atoms with Crippen molar-refractivity contribution in [1.82, 2.24) is 4.90 Å². The number of likely N-dealkylation sites (tertiary alicyclic amines) is 1.